The molecule has 2 aromatic rings. The van der Waals surface area contributed by atoms with E-state index in [0.717, 1.165) is 12.8 Å². The Kier molecular flexibility index (Phi) is 8.71. The van der Waals surface area contributed by atoms with Gasteiger partial charge in [-0.25, -0.2) is 9.18 Å². The summed E-state index contributed by atoms with van der Waals surface area (Å²) in [4.78, 5) is 54.7. The van der Waals surface area contributed by atoms with Gasteiger partial charge in [-0.05, 0) is 55.3 Å². The molecule has 2 aromatic carbocycles. The topological polar surface area (TPSA) is 117 Å². The Hall–Kier alpha value is -3.70. The quantitative estimate of drug-likeness (QED) is 0.490. The molecule has 2 atom stereocenters. The minimum atomic E-state index is -1.74. The average molecular weight is 561 g/mol. The molecule has 39 heavy (non-hydrogen) atoms. The molecule has 2 unspecified atom stereocenters. The van der Waals surface area contributed by atoms with Crippen molar-refractivity contribution in [3.63, 3.8) is 0 Å². The molecule has 4 rings (SSSR count). The number of piperidine rings is 1. The van der Waals surface area contributed by atoms with E-state index in [1.54, 1.807) is 30.3 Å². The van der Waals surface area contributed by atoms with Gasteiger partial charge in [0.25, 0.3) is 5.91 Å². The first-order valence-corrected chi connectivity index (χ1v) is 12.9. The van der Waals surface area contributed by atoms with E-state index < -0.39 is 41.8 Å². The van der Waals surface area contributed by atoms with Crippen molar-refractivity contribution in [1.29, 1.82) is 0 Å². The van der Waals surface area contributed by atoms with Crippen molar-refractivity contribution in [2.24, 2.45) is 0 Å². The van der Waals surface area contributed by atoms with Crippen LogP contribution in [0.5, 0.6) is 0 Å². The molecule has 0 radical (unpaired) electrons. The largest absolute Gasteiger partial charge is 0.469 e. The summed E-state index contributed by atoms with van der Waals surface area (Å²) in [7, 11) is 2.61. The predicted octanol–water partition coefficient (Wildman–Crippen LogP) is 4.19. The number of esters is 1. The van der Waals surface area contributed by atoms with Crippen LogP contribution in [0.1, 0.15) is 32.1 Å². The minimum Gasteiger partial charge on any atom is -0.469 e. The van der Waals surface area contributed by atoms with Crippen molar-refractivity contribution in [2.45, 2.75) is 43.7 Å². The molecule has 2 saturated heterocycles. The first-order valence-electron chi connectivity index (χ1n) is 12.5. The number of halogens is 2. The van der Waals surface area contributed by atoms with Gasteiger partial charge in [-0.1, -0.05) is 11.6 Å². The van der Waals surface area contributed by atoms with Crippen molar-refractivity contribution in [3.05, 3.63) is 53.3 Å². The predicted molar refractivity (Wildman–Crippen MR) is 143 cm³/mol. The Morgan fingerprint density at radius 1 is 1.10 bits per heavy atom. The number of carbonyl (C=O) groups excluding carboxylic acids is 4. The summed E-state index contributed by atoms with van der Waals surface area (Å²) in [6.07, 6.45) is 0.916. The molecule has 2 heterocycles. The summed E-state index contributed by atoms with van der Waals surface area (Å²) in [6, 6.07) is 9.81. The minimum absolute atomic E-state index is 0.00116. The second-order valence-corrected chi connectivity index (χ2v) is 9.95. The molecule has 0 aromatic heterocycles. The van der Waals surface area contributed by atoms with Crippen LogP contribution in [-0.4, -0.2) is 67.7 Å². The number of nitrogens with one attached hydrogen (secondary N) is 2. The van der Waals surface area contributed by atoms with E-state index >= 15 is 4.39 Å². The summed E-state index contributed by atoms with van der Waals surface area (Å²) < 4.78 is 25.5. The molecule has 12 heteroatoms. The molecule has 10 nitrogen and oxygen atoms in total. The highest BCUT2D eigenvalue weighted by Crippen LogP contribution is 2.37. The lowest BCUT2D eigenvalue weighted by Gasteiger charge is -2.36. The van der Waals surface area contributed by atoms with Crippen molar-refractivity contribution in [3.8, 4) is 0 Å². The van der Waals surface area contributed by atoms with Gasteiger partial charge in [-0.3, -0.25) is 14.4 Å². The molecule has 4 amide bonds. The van der Waals surface area contributed by atoms with Gasteiger partial charge in [0.05, 0.1) is 25.3 Å². The van der Waals surface area contributed by atoms with Crippen LogP contribution in [-0.2, 0) is 23.9 Å². The SMILES string of the molecule is COC(=O)CC1(C(=O)Nc2ccc(N3CCCCC3=O)cc2F)CC(OC)CN1C(=O)Nc1ccc(Cl)cc1. The lowest BCUT2D eigenvalue weighted by atomic mass is 9.89. The van der Waals surface area contributed by atoms with Gasteiger partial charge < -0.3 is 29.9 Å². The molecular formula is C27H30ClFN4O6. The van der Waals surface area contributed by atoms with Crippen molar-refractivity contribution >= 4 is 52.5 Å². The standard InChI is InChI=1S/C27H30ClFN4O6/c1-38-20-14-27(15-24(35)39-2,33(16-20)26(37)30-18-8-6-17(28)7-9-18)25(36)31-22-11-10-19(13-21(22)29)32-12-4-3-5-23(32)34/h6-11,13,20H,3-5,12,14-16H2,1-2H3,(H,30,37)(H,31,36). The van der Waals surface area contributed by atoms with Crippen molar-refractivity contribution < 1.29 is 33.0 Å². The van der Waals surface area contributed by atoms with Crippen molar-refractivity contribution in [2.75, 3.05) is 42.8 Å². The number of likely N-dealkylation sites (tertiary alicyclic amines) is 1. The summed E-state index contributed by atoms with van der Waals surface area (Å²) in [5.74, 6) is -2.36. The average Bonchev–Trinajstić information content (AvgIpc) is 3.31. The number of methoxy groups -OCH3 is 2. The number of hydrogen-bond donors (Lipinski definition) is 2. The number of amides is 4. The fourth-order valence-corrected chi connectivity index (χ4v) is 5.08. The Labute approximate surface area is 230 Å². The maximum atomic E-state index is 15.2. The van der Waals surface area contributed by atoms with Gasteiger partial charge in [-0.2, -0.15) is 0 Å². The van der Waals surface area contributed by atoms with Crippen LogP contribution in [0.4, 0.5) is 26.2 Å². The normalized spacial score (nSPS) is 21.0. The summed E-state index contributed by atoms with van der Waals surface area (Å²) in [6.45, 7) is 0.487. The Morgan fingerprint density at radius 2 is 1.85 bits per heavy atom. The zero-order chi connectivity index (χ0) is 28.2. The molecular weight excluding hydrogens is 531 g/mol. The number of urea groups is 1. The molecule has 0 bridgehead atoms. The van der Waals surface area contributed by atoms with Gasteiger partial charge in [0.15, 0.2) is 0 Å². The third-order valence-electron chi connectivity index (χ3n) is 7.07. The van der Waals surface area contributed by atoms with Gasteiger partial charge in [-0.15, -0.1) is 0 Å². The van der Waals surface area contributed by atoms with Crippen LogP contribution in [0.25, 0.3) is 0 Å². The third-order valence-corrected chi connectivity index (χ3v) is 7.32. The van der Waals surface area contributed by atoms with Crippen LogP contribution in [0.3, 0.4) is 0 Å². The van der Waals surface area contributed by atoms with E-state index in [-0.39, 0.29) is 24.6 Å². The van der Waals surface area contributed by atoms with Crippen LogP contribution in [0.2, 0.25) is 5.02 Å². The van der Waals surface area contributed by atoms with Crippen molar-refractivity contribution in [1.82, 2.24) is 4.90 Å². The van der Waals surface area contributed by atoms with E-state index in [1.165, 1.54) is 36.2 Å². The maximum Gasteiger partial charge on any atom is 0.322 e. The fourth-order valence-electron chi connectivity index (χ4n) is 4.95. The number of ether oxygens (including phenoxy) is 2. The van der Waals surface area contributed by atoms with Crippen LogP contribution in [0.15, 0.2) is 42.5 Å². The molecule has 0 saturated carbocycles. The molecule has 2 aliphatic heterocycles. The number of carbonyl (C=O) groups is 4. The van der Waals surface area contributed by atoms with Gasteiger partial charge in [0.1, 0.15) is 11.4 Å². The number of benzene rings is 2. The fraction of sp³-hybridized carbons (Fsp3) is 0.407. The highest BCUT2D eigenvalue weighted by atomic mass is 35.5. The first kappa shape index (κ1) is 28.3. The molecule has 2 N–H and O–H groups in total. The maximum absolute atomic E-state index is 15.2. The number of anilines is 3. The summed E-state index contributed by atoms with van der Waals surface area (Å²) in [5, 5.41) is 5.73. The van der Waals surface area contributed by atoms with E-state index in [0.29, 0.717) is 29.4 Å². The van der Waals surface area contributed by atoms with Crippen LogP contribution < -0.4 is 15.5 Å². The third kappa shape index (κ3) is 6.15. The second kappa shape index (κ2) is 12.0. The van der Waals surface area contributed by atoms with E-state index in [2.05, 4.69) is 10.6 Å². The molecule has 0 aliphatic carbocycles. The number of nitrogens with zero attached hydrogens (tertiary/aromatic N) is 2. The molecule has 2 fully saturated rings. The zero-order valence-corrected chi connectivity index (χ0v) is 22.4. The monoisotopic (exact) mass is 560 g/mol. The smallest absolute Gasteiger partial charge is 0.322 e. The second-order valence-electron chi connectivity index (χ2n) is 9.51. The van der Waals surface area contributed by atoms with E-state index in [1.807, 2.05) is 0 Å². The van der Waals surface area contributed by atoms with Crippen LogP contribution in [0, 0.1) is 5.82 Å². The van der Waals surface area contributed by atoms with Gasteiger partial charge >= 0.3 is 12.0 Å². The molecule has 0 spiro atoms. The lowest BCUT2D eigenvalue weighted by Crippen LogP contribution is -2.57. The summed E-state index contributed by atoms with van der Waals surface area (Å²) >= 11 is 5.93. The Bertz CT molecular complexity index is 1260. The van der Waals surface area contributed by atoms with Gasteiger partial charge in [0, 0.05) is 49.4 Å². The Morgan fingerprint density at radius 3 is 2.49 bits per heavy atom. The highest BCUT2D eigenvalue weighted by Gasteiger charge is 2.55. The van der Waals surface area contributed by atoms with Crippen LogP contribution >= 0.6 is 11.6 Å². The molecule has 208 valence electrons. The lowest BCUT2D eigenvalue weighted by molar-refractivity contribution is -0.146. The number of rotatable bonds is 7. The number of hydrogen-bond acceptors (Lipinski definition) is 6. The first-order chi connectivity index (χ1) is 18.7. The molecule has 2 aliphatic rings. The Balaban J connectivity index is 1.62. The van der Waals surface area contributed by atoms with E-state index in [4.69, 9.17) is 21.1 Å². The van der Waals surface area contributed by atoms with Gasteiger partial charge in [0.2, 0.25) is 5.91 Å². The zero-order valence-electron chi connectivity index (χ0n) is 21.7. The van der Waals surface area contributed by atoms with E-state index in [9.17, 15) is 19.2 Å². The summed E-state index contributed by atoms with van der Waals surface area (Å²) in [5.41, 5.74) is -1.08. The highest BCUT2D eigenvalue weighted by molar-refractivity contribution is 6.30.